The van der Waals surface area contributed by atoms with Crippen LogP contribution < -0.4 is 5.73 Å². The SMILES string of the molecule is CC1CC(C)C2(N)C(C=CC(C)C2C)C1.[B]C. The van der Waals surface area contributed by atoms with E-state index >= 15 is 0 Å². The molecule has 6 atom stereocenters. The van der Waals surface area contributed by atoms with Gasteiger partial charge in [0.25, 0.3) is 0 Å². The van der Waals surface area contributed by atoms with Crippen molar-refractivity contribution in [2.24, 2.45) is 35.3 Å². The second-order valence-electron chi connectivity index (χ2n) is 6.12. The summed E-state index contributed by atoms with van der Waals surface area (Å²) >= 11 is 0. The number of rotatable bonds is 0. The Morgan fingerprint density at radius 1 is 1.06 bits per heavy atom. The first-order valence-electron chi connectivity index (χ1n) is 7.01. The molecule has 17 heavy (non-hydrogen) atoms. The second-order valence-corrected chi connectivity index (χ2v) is 6.12. The number of nitrogens with two attached hydrogens (primary N) is 1. The van der Waals surface area contributed by atoms with Crippen molar-refractivity contribution < 1.29 is 0 Å². The summed E-state index contributed by atoms with van der Waals surface area (Å²) in [5, 5.41) is 0. The number of fused-ring (bicyclic) bond motifs is 1. The molecule has 0 heterocycles. The Kier molecular flexibility index (Phi) is 4.89. The van der Waals surface area contributed by atoms with E-state index in [0.29, 0.717) is 23.7 Å². The fourth-order valence-electron chi connectivity index (χ4n) is 3.87. The molecule has 6 unspecified atom stereocenters. The molecule has 96 valence electrons. The predicted octanol–water partition coefficient (Wildman–Crippen LogP) is 3.41. The Hall–Kier alpha value is -0.235. The monoisotopic (exact) mass is 233 g/mol. The predicted molar refractivity (Wildman–Crippen MR) is 77.1 cm³/mol. The van der Waals surface area contributed by atoms with Gasteiger partial charge in [0.15, 0.2) is 0 Å². The number of allylic oxidation sites excluding steroid dienone is 1. The van der Waals surface area contributed by atoms with Gasteiger partial charge < -0.3 is 5.73 Å². The summed E-state index contributed by atoms with van der Waals surface area (Å²) < 4.78 is 0. The van der Waals surface area contributed by atoms with Crippen molar-refractivity contribution in [1.29, 1.82) is 0 Å². The third-order valence-corrected chi connectivity index (χ3v) is 5.13. The van der Waals surface area contributed by atoms with Crippen LogP contribution in [0.2, 0.25) is 6.82 Å². The first-order chi connectivity index (χ1) is 7.96. The Morgan fingerprint density at radius 2 is 1.65 bits per heavy atom. The summed E-state index contributed by atoms with van der Waals surface area (Å²) in [5.41, 5.74) is 6.81. The molecule has 2 heteroatoms. The Bertz CT molecular complexity index is 276. The van der Waals surface area contributed by atoms with Gasteiger partial charge in [0.2, 0.25) is 0 Å². The minimum Gasteiger partial charge on any atom is -0.324 e. The fraction of sp³-hybridized carbons (Fsp3) is 0.867. The van der Waals surface area contributed by atoms with Crippen molar-refractivity contribution in [2.75, 3.05) is 0 Å². The normalized spacial score (nSPS) is 48.9. The van der Waals surface area contributed by atoms with Gasteiger partial charge in [0, 0.05) is 5.54 Å². The molecule has 2 aliphatic carbocycles. The Labute approximate surface area is 109 Å². The van der Waals surface area contributed by atoms with Crippen LogP contribution >= 0.6 is 0 Å². The van der Waals surface area contributed by atoms with Crippen LogP contribution in [0.5, 0.6) is 0 Å². The molecule has 0 aromatic carbocycles. The molecule has 2 N–H and O–H groups in total. The lowest BCUT2D eigenvalue weighted by Crippen LogP contribution is -2.62. The van der Waals surface area contributed by atoms with E-state index in [9.17, 15) is 0 Å². The molecule has 2 radical (unpaired) electrons. The van der Waals surface area contributed by atoms with E-state index in [1.165, 1.54) is 19.7 Å². The molecular weight excluding hydrogens is 205 g/mol. The maximum atomic E-state index is 6.75. The van der Waals surface area contributed by atoms with Crippen molar-refractivity contribution >= 4 is 7.85 Å². The third-order valence-electron chi connectivity index (χ3n) is 5.13. The van der Waals surface area contributed by atoms with Crippen LogP contribution in [0.15, 0.2) is 12.2 Å². The minimum absolute atomic E-state index is 0.0562. The molecule has 1 saturated carbocycles. The van der Waals surface area contributed by atoms with Crippen molar-refractivity contribution in [3.8, 4) is 0 Å². The van der Waals surface area contributed by atoms with Gasteiger partial charge in [0.05, 0.1) is 7.85 Å². The molecule has 0 aliphatic heterocycles. The first kappa shape index (κ1) is 14.8. The van der Waals surface area contributed by atoms with Crippen LogP contribution in [0, 0.1) is 29.6 Å². The zero-order chi connectivity index (χ0) is 13.2. The highest BCUT2D eigenvalue weighted by atomic mass is 14.8. The molecule has 1 fully saturated rings. The largest absolute Gasteiger partial charge is 0.324 e. The van der Waals surface area contributed by atoms with Crippen LogP contribution in [0.4, 0.5) is 0 Å². The fourth-order valence-corrected chi connectivity index (χ4v) is 3.87. The summed E-state index contributed by atoms with van der Waals surface area (Å²) in [5.74, 6) is 3.38. The van der Waals surface area contributed by atoms with E-state index in [1.54, 1.807) is 0 Å². The van der Waals surface area contributed by atoms with Gasteiger partial charge in [-0.2, -0.15) is 0 Å². The molecule has 0 aromatic rings. The molecule has 2 aliphatic rings. The van der Waals surface area contributed by atoms with Crippen molar-refractivity contribution in [3.05, 3.63) is 12.2 Å². The van der Waals surface area contributed by atoms with Gasteiger partial charge in [-0.1, -0.05) is 46.7 Å². The van der Waals surface area contributed by atoms with Gasteiger partial charge >= 0.3 is 0 Å². The molecule has 0 aromatic heterocycles. The van der Waals surface area contributed by atoms with Crippen LogP contribution in [-0.2, 0) is 0 Å². The molecule has 0 amide bonds. The standard InChI is InChI=1S/C14H25N.CH3B/c1-9-7-11(3)14(15)12(4)10(2)5-6-13(14)8-9;1-2/h5-6,9-13H,7-8,15H2,1-4H3;1H3. The maximum Gasteiger partial charge on any atom is 0.0606 e. The number of hydrogen-bond donors (Lipinski definition) is 1. The quantitative estimate of drug-likeness (QED) is 0.503. The van der Waals surface area contributed by atoms with Gasteiger partial charge in [-0.05, 0) is 42.4 Å². The van der Waals surface area contributed by atoms with E-state index in [-0.39, 0.29) is 5.54 Å². The zero-order valence-corrected chi connectivity index (χ0v) is 12.1. The highest BCUT2D eigenvalue weighted by Gasteiger charge is 2.49. The zero-order valence-electron chi connectivity index (χ0n) is 12.1. The topological polar surface area (TPSA) is 26.0 Å². The summed E-state index contributed by atoms with van der Waals surface area (Å²) in [6.45, 7) is 10.9. The lowest BCUT2D eigenvalue weighted by Gasteiger charge is -2.54. The first-order valence-corrected chi connectivity index (χ1v) is 7.01. The Balaban J connectivity index is 0.000000686. The van der Waals surface area contributed by atoms with Crippen LogP contribution in [0.1, 0.15) is 40.5 Å². The molecule has 0 bridgehead atoms. The third kappa shape index (κ3) is 2.47. The smallest absolute Gasteiger partial charge is 0.0606 e. The highest BCUT2D eigenvalue weighted by molar-refractivity contribution is 6.05. The summed E-state index contributed by atoms with van der Waals surface area (Å²) in [7, 11) is 4.50. The molecule has 1 nitrogen and oxygen atoms in total. The van der Waals surface area contributed by atoms with Gasteiger partial charge in [0.1, 0.15) is 0 Å². The van der Waals surface area contributed by atoms with Crippen LogP contribution in [0.3, 0.4) is 0 Å². The van der Waals surface area contributed by atoms with E-state index in [2.05, 4.69) is 47.7 Å². The van der Waals surface area contributed by atoms with Crippen LogP contribution in [0.25, 0.3) is 0 Å². The molecule has 0 saturated heterocycles. The molecular formula is C15H28BN. The van der Waals surface area contributed by atoms with Gasteiger partial charge in [-0.25, -0.2) is 0 Å². The highest BCUT2D eigenvalue weighted by Crippen LogP contribution is 2.48. The van der Waals surface area contributed by atoms with Crippen molar-refractivity contribution in [1.82, 2.24) is 0 Å². The molecule has 0 spiro atoms. The van der Waals surface area contributed by atoms with E-state index in [0.717, 1.165) is 5.92 Å². The van der Waals surface area contributed by atoms with Gasteiger partial charge in [-0.3, -0.25) is 0 Å². The van der Waals surface area contributed by atoms with E-state index in [4.69, 9.17) is 5.73 Å². The second kappa shape index (κ2) is 5.60. The lowest BCUT2D eigenvalue weighted by molar-refractivity contribution is 0.0425. The summed E-state index contributed by atoms with van der Waals surface area (Å²) in [6, 6.07) is 0. The van der Waals surface area contributed by atoms with Crippen molar-refractivity contribution in [3.63, 3.8) is 0 Å². The van der Waals surface area contributed by atoms with Crippen molar-refractivity contribution in [2.45, 2.75) is 52.9 Å². The minimum atomic E-state index is 0.0562. The average Bonchev–Trinajstić information content (AvgIpc) is 2.31. The van der Waals surface area contributed by atoms with Gasteiger partial charge in [-0.15, -0.1) is 0 Å². The van der Waals surface area contributed by atoms with E-state index in [1.807, 2.05) is 0 Å². The summed E-state index contributed by atoms with van der Waals surface area (Å²) in [6.07, 6.45) is 7.37. The van der Waals surface area contributed by atoms with Crippen LogP contribution in [-0.4, -0.2) is 13.4 Å². The maximum absolute atomic E-state index is 6.75. The molecule has 2 rings (SSSR count). The lowest BCUT2D eigenvalue weighted by atomic mass is 9.55. The summed E-state index contributed by atoms with van der Waals surface area (Å²) in [4.78, 5) is 0. The van der Waals surface area contributed by atoms with E-state index < -0.39 is 0 Å². The Morgan fingerprint density at radius 3 is 2.24 bits per heavy atom. The average molecular weight is 233 g/mol. The number of hydrogen-bond acceptors (Lipinski definition) is 1.